The van der Waals surface area contributed by atoms with Crippen molar-refractivity contribution in [3.05, 3.63) is 0 Å². The number of carboxylic acids is 1. The SMILES string of the molecule is CN1N=C(C(=O)NCCC(=O)O)CCC1=O. The highest BCUT2D eigenvalue weighted by atomic mass is 16.4. The number of rotatable bonds is 4. The van der Waals surface area contributed by atoms with E-state index in [0.29, 0.717) is 6.42 Å². The fraction of sp³-hybridized carbons (Fsp3) is 0.556. The van der Waals surface area contributed by atoms with Crippen LogP contribution < -0.4 is 5.32 Å². The molecule has 1 rings (SSSR count). The van der Waals surface area contributed by atoms with Crippen LogP contribution in [0.4, 0.5) is 0 Å². The van der Waals surface area contributed by atoms with Gasteiger partial charge in [0.05, 0.1) is 6.42 Å². The fourth-order valence-corrected chi connectivity index (χ4v) is 1.22. The van der Waals surface area contributed by atoms with Crippen molar-refractivity contribution in [2.24, 2.45) is 5.10 Å². The molecule has 1 aliphatic rings. The van der Waals surface area contributed by atoms with Crippen molar-refractivity contribution < 1.29 is 19.5 Å². The Morgan fingerprint density at radius 1 is 1.50 bits per heavy atom. The number of carboxylic acid groups (broad SMARTS) is 1. The average Bonchev–Trinajstić information content (AvgIpc) is 2.21. The number of carbonyl (C=O) groups is 3. The molecule has 16 heavy (non-hydrogen) atoms. The molecular weight excluding hydrogens is 214 g/mol. The highest BCUT2D eigenvalue weighted by Gasteiger charge is 2.21. The molecule has 0 unspecified atom stereocenters. The highest BCUT2D eigenvalue weighted by molar-refractivity contribution is 6.39. The van der Waals surface area contributed by atoms with Gasteiger partial charge in [-0.3, -0.25) is 14.4 Å². The molecule has 0 aromatic rings. The van der Waals surface area contributed by atoms with Gasteiger partial charge in [0.2, 0.25) is 5.91 Å². The van der Waals surface area contributed by atoms with Crippen LogP contribution in [0.5, 0.6) is 0 Å². The standard InChI is InChI=1S/C9H13N3O4/c1-12-7(13)3-2-6(11-12)9(16)10-5-4-8(14)15/h2-5H2,1H3,(H,10,16)(H,14,15). The molecule has 7 heteroatoms. The predicted octanol–water partition coefficient (Wildman–Crippen LogP) is -0.815. The number of hydrogen-bond acceptors (Lipinski definition) is 4. The van der Waals surface area contributed by atoms with Gasteiger partial charge in [0.1, 0.15) is 5.71 Å². The van der Waals surface area contributed by atoms with E-state index in [2.05, 4.69) is 10.4 Å². The van der Waals surface area contributed by atoms with Gasteiger partial charge in [-0.05, 0) is 0 Å². The van der Waals surface area contributed by atoms with E-state index in [4.69, 9.17) is 5.11 Å². The molecule has 0 radical (unpaired) electrons. The zero-order chi connectivity index (χ0) is 12.1. The maximum absolute atomic E-state index is 11.5. The first-order valence-electron chi connectivity index (χ1n) is 4.84. The van der Waals surface area contributed by atoms with E-state index in [1.165, 1.54) is 7.05 Å². The Bertz CT molecular complexity index is 351. The first-order valence-corrected chi connectivity index (χ1v) is 4.84. The zero-order valence-electron chi connectivity index (χ0n) is 8.89. The van der Waals surface area contributed by atoms with Crippen molar-refractivity contribution in [3.8, 4) is 0 Å². The second-order valence-electron chi connectivity index (χ2n) is 3.36. The molecule has 1 heterocycles. The third-order valence-corrected chi connectivity index (χ3v) is 2.09. The monoisotopic (exact) mass is 227 g/mol. The zero-order valence-corrected chi connectivity index (χ0v) is 8.89. The van der Waals surface area contributed by atoms with E-state index in [0.717, 1.165) is 5.01 Å². The van der Waals surface area contributed by atoms with Crippen LogP contribution in [0, 0.1) is 0 Å². The lowest BCUT2D eigenvalue weighted by molar-refractivity contribution is -0.137. The topological polar surface area (TPSA) is 99.1 Å². The van der Waals surface area contributed by atoms with Crippen LogP contribution >= 0.6 is 0 Å². The highest BCUT2D eigenvalue weighted by Crippen LogP contribution is 2.06. The molecule has 0 saturated heterocycles. The summed E-state index contributed by atoms with van der Waals surface area (Å²) in [5.74, 6) is -1.53. The van der Waals surface area contributed by atoms with Gasteiger partial charge in [0.25, 0.3) is 5.91 Å². The number of carbonyl (C=O) groups excluding carboxylic acids is 2. The summed E-state index contributed by atoms with van der Waals surface area (Å²) >= 11 is 0. The first-order chi connectivity index (χ1) is 7.50. The van der Waals surface area contributed by atoms with Gasteiger partial charge in [0.15, 0.2) is 0 Å². The van der Waals surface area contributed by atoms with Gasteiger partial charge < -0.3 is 10.4 Å². The Kier molecular flexibility index (Phi) is 3.98. The summed E-state index contributed by atoms with van der Waals surface area (Å²) in [6.07, 6.45) is 0.414. The van der Waals surface area contributed by atoms with E-state index in [1.54, 1.807) is 0 Å². The summed E-state index contributed by atoms with van der Waals surface area (Å²) in [6.45, 7) is 0.0604. The maximum Gasteiger partial charge on any atom is 0.305 e. The van der Waals surface area contributed by atoms with Crippen molar-refractivity contribution in [2.45, 2.75) is 19.3 Å². The predicted molar refractivity (Wildman–Crippen MR) is 54.7 cm³/mol. The summed E-state index contributed by atoms with van der Waals surface area (Å²) < 4.78 is 0. The lowest BCUT2D eigenvalue weighted by Crippen LogP contribution is -2.38. The van der Waals surface area contributed by atoms with E-state index >= 15 is 0 Å². The van der Waals surface area contributed by atoms with E-state index in [-0.39, 0.29) is 31.0 Å². The number of hydrogen-bond donors (Lipinski definition) is 2. The second kappa shape index (κ2) is 5.24. The lowest BCUT2D eigenvalue weighted by Gasteiger charge is -2.18. The largest absolute Gasteiger partial charge is 0.481 e. The molecule has 0 saturated carbocycles. The molecule has 1 aliphatic heterocycles. The first kappa shape index (κ1) is 12.2. The number of aliphatic carboxylic acids is 1. The van der Waals surface area contributed by atoms with E-state index in [1.807, 2.05) is 0 Å². The van der Waals surface area contributed by atoms with Gasteiger partial charge in [0, 0.05) is 26.4 Å². The van der Waals surface area contributed by atoms with Gasteiger partial charge in [-0.1, -0.05) is 0 Å². The van der Waals surface area contributed by atoms with E-state index < -0.39 is 11.9 Å². The quantitative estimate of drug-likeness (QED) is 0.655. The van der Waals surface area contributed by atoms with Crippen molar-refractivity contribution >= 4 is 23.5 Å². The van der Waals surface area contributed by atoms with Crippen LogP contribution in [0.3, 0.4) is 0 Å². The summed E-state index contributed by atoms with van der Waals surface area (Å²) in [5, 5.41) is 15.7. The Morgan fingerprint density at radius 2 is 2.19 bits per heavy atom. The van der Waals surface area contributed by atoms with Crippen LogP contribution in [0.1, 0.15) is 19.3 Å². The molecule has 0 spiro atoms. The van der Waals surface area contributed by atoms with E-state index in [9.17, 15) is 14.4 Å². The van der Waals surface area contributed by atoms with Crippen molar-refractivity contribution in [1.82, 2.24) is 10.3 Å². The molecule has 7 nitrogen and oxygen atoms in total. The van der Waals surface area contributed by atoms with Gasteiger partial charge in [-0.15, -0.1) is 0 Å². The minimum atomic E-state index is -0.974. The minimum absolute atomic E-state index is 0.0604. The van der Waals surface area contributed by atoms with Crippen molar-refractivity contribution in [3.63, 3.8) is 0 Å². The minimum Gasteiger partial charge on any atom is -0.481 e. The number of hydrazone groups is 1. The molecule has 0 atom stereocenters. The Hall–Kier alpha value is -1.92. The lowest BCUT2D eigenvalue weighted by atomic mass is 10.1. The molecule has 0 aromatic carbocycles. The average molecular weight is 227 g/mol. The molecule has 0 fully saturated rings. The molecule has 0 aromatic heterocycles. The van der Waals surface area contributed by atoms with Crippen molar-refractivity contribution in [1.29, 1.82) is 0 Å². The summed E-state index contributed by atoms with van der Waals surface area (Å²) in [7, 11) is 1.48. The van der Waals surface area contributed by atoms with Crippen LogP contribution in [-0.4, -0.2) is 47.2 Å². The van der Waals surface area contributed by atoms with Crippen LogP contribution in [0.2, 0.25) is 0 Å². The Labute approximate surface area is 92.1 Å². The van der Waals surface area contributed by atoms with Crippen LogP contribution in [-0.2, 0) is 14.4 Å². The van der Waals surface area contributed by atoms with Crippen LogP contribution in [0.15, 0.2) is 5.10 Å². The van der Waals surface area contributed by atoms with Gasteiger partial charge in [-0.2, -0.15) is 5.10 Å². The Balaban J connectivity index is 2.45. The van der Waals surface area contributed by atoms with Gasteiger partial charge >= 0.3 is 5.97 Å². The summed E-state index contributed by atoms with van der Waals surface area (Å²) in [5.41, 5.74) is 0.257. The maximum atomic E-state index is 11.5. The summed E-state index contributed by atoms with van der Waals surface area (Å²) in [4.78, 5) is 32.8. The summed E-state index contributed by atoms with van der Waals surface area (Å²) in [6, 6.07) is 0. The molecule has 0 bridgehead atoms. The smallest absolute Gasteiger partial charge is 0.305 e. The molecule has 0 aliphatic carbocycles. The number of nitrogens with zero attached hydrogens (tertiary/aromatic N) is 2. The van der Waals surface area contributed by atoms with Crippen molar-refractivity contribution in [2.75, 3.05) is 13.6 Å². The molecule has 88 valence electrons. The number of amides is 2. The van der Waals surface area contributed by atoms with Crippen LogP contribution in [0.25, 0.3) is 0 Å². The normalized spacial score (nSPS) is 15.7. The second-order valence-corrected chi connectivity index (χ2v) is 3.36. The fourth-order valence-electron chi connectivity index (χ4n) is 1.22. The Morgan fingerprint density at radius 3 is 2.75 bits per heavy atom. The third-order valence-electron chi connectivity index (χ3n) is 2.09. The molecule has 2 amide bonds. The third kappa shape index (κ3) is 3.34. The van der Waals surface area contributed by atoms with Gasteiger partial charge in [-0.25, -0.2) is 5.01 Å². The molecular formula is C9H13N3O4. The molecule has 2 N–H and O–H groups in total. The number of nitrogens with one attached hydrogen (secondary N) is 1.